The van der Waals surface area contributed by atoms with E-state index in [0.29, 0.717) is 19.6 Å². The molecular formula is C18H22N2O4. The zero-order chi connectivity index (χ0) is 16.7. The number of methoxy groups -OCH3 is 1. The molecule has 1 saturated carbocycles. The van der Waals surface area contributed by atoms with Gasteiger partial charge in [0, 0.05) is 25.6 Å². The Balaban J connectivity index is 1.48. The predicted molar refractivity (Wildman–Crippen MR) is 86.4 cm³/mol. The van der Waals surface area contributed by atoms with Crippen molar-refractivity contribution in [3.63, 3.8) is 0 Å². The highest BCUT2D eigenvalue weighted by molar-refractivity contribution is 5.82. The van der Waals surface area contributed by atoms with Gasteiger partial charge >= 0.3 is 0 Å². The van der Waals surface area contributed by atoms with Crippen LogP contribution in [0.15, 0.2) is 24.3 Å². The van der Waals surface area contributed by atoms with E-state index in [-0.39, 0.29) is 36.5 Å². The first kappa shape index (κ1) is 15.4. The lowest BCUT2D eigenvalue weighted by molar-refractivity contribution is -0.153. The molecule has 2 amide bonds. The molecule has 0 N–H and O–H groups in total. The van der Waals surface area contributed by atoms with Crippen molar-refractivity contribution in [3.8, 4) is 5.75 Å². The molecule has 2 saturated heterocycles. The van der Waals surface area contributed by atoms with Crippen LogP contribution in [0.5, 0.6) is 5.75 Å². The van der Waals surface area contributed by atoms with Gasteiger partial charge in [-0.1, -0.05) is 12.1 Å². The van der Waals surface area contributed by atoms with Crippen LogP contribution in [0.25, 0.3) is 0 Å². The summed E-state index contributed by atoms with van der Waals surface area (Å²) >= 11 is 0. The second-order valence-corrected chi connectivity index (χ2v) is 6.80. The van der Waals surface area contributed by atoms with E-state index in [1.165, 1.54) is 0 Å². The molecule has 3 aliphatic rings. The third-order valence-electron chi connectivity index (χ3n) is 5.13. The average molecular weight is 330 g/mol. The van der Waals surface area contributed by atoms with Crippen LogP contribution >= 0.6 is 0 Å². The minimum atomic E-state index is -0.0661. The Morgan fingerprint density at radius 3 is 2.67 bits per heavy atom. The summed E-state index contributed by atoms with van der Waals surface area (Å²) in [6.45, 7) is 1.83. The van der Waals surface area contributed by atoms with Crippen molar-refractivity contribution in [2.75, 3.05) is 26.8 Å². The highest BCUT2D eigenvalue weighted by atomic mass is 16.5. The normalized spacial score (nSPS) is 26.5. The second-order valence-electron chi connectivity index (χ2n) is 6.80. The van der Waals surface area contributed by atoms with Crippen LogP contribution in [0.4, 0.5) is 0 Å². The molecule has 24 heavy (non-hydrogen) atoms. The van der Waals surface area contributed by atoms with Crippen LogP contribution in [-0.4, -0.2) is 60.6 Å². The van der Waals surface area contributed by atoms with Crippen LogP contribution < -0.4 is 4.74 Å². The van der Waals surface area contributed by atoms with E-state index in [4.69, 9.17) is 9.47 Å². The summed E-state index contributed by atoms with van der Waals surface area (Å²) in [5.74, 6) is 1.22. The van der Waals surface area contributed by atoms with E-state index in [1.54, 1.807) is 7.11 Å². The van der Waals surface area contributed by atoms with E-state index in [0.717, 1.165) is 24.2 Å². The van der Waals surface area contributed by atoms with Crippen molar-refractivity contribution in [1.29, 1.82) is 0 Å². The van der Waals surface area contributed by atoms with E-state index in [2.05, 4.69) is 0 Å². The first-order chi connectivity index (χ1) is 11.7. The summed E-state index contributed by atoms with van der Waals surface area (Å²) in [6.07, 6.45) is 1.93. The largest absolute Gasteiger partial charge is 0.497 e. The van der Waals surface area contributed by atoms with Crippen LogP contribution in [0, 0.1) is 5.92 Å². The Morgan fingerprint density at radius 2 is 2.00 bits per heavy atom. The fourth-order valence-corrected chi connectivity index (χ4v) is 3.57. The fraction of sp³-hybridized carbons (Fsp3) is 0.556. The van der Waals surface area contributed by atoms with Crippen LogP contribution in [0.3, 0.4) is 0 Å². The van der Waals surface area contributed by atoms with E-state index >= 15 is 0 Å². The topological polar surface area (TPSA) is 59.1 Å². The molecule has 3 fully saturated rings. The summed E-state index contributed by atoms with van der Waals surface area (Å²) in [5.41, 5.74) is 1.05. The van der Waals surface area contributed by atoms with Gasteiger partial charge in [-0.15, -0.1) is 0 Å². The third-order valence-corrected chi connectivity index (χ3v) is 5.13. The molecule has 4 rings (SSSR count). The van der Waals surface area contributed by atoms with Crippen LogP contribution in [0.2, 0.25) is 0 Å². The molecular weight excluding hydrogens is 308 g/mol. The van der Waals surface area contributed by atoms with E-state index in [9.17, 15) is 9.59 Å². The molecule has 0 bridgehead atoms. The minimum Gasteiger partial charge on any atom is -0.497 e. The number of nitrogens with zero attached hydrogens (tertiary/aromatic N) is 2. The van der Waals surface area contributed by atoms with Gasteiger partial charge < -0.3 is 19.3 Å². The number of ether oxygens (including phenoxy) is 2. The fourth-order valence-electron chi connectivity index (χ4n) is 3.57. The lowest BCUT2D eigenvalue weighted by atomic mass is 10.1. The minimum absolute atomic E-state index is 0.00668. The molecule has 2 heterocycles. The smallest absolute Gasteiger partial charge is 0.249 e. The number of amides is 2. The standard InChI is InChI=1S/C18H22N2O4/c1-23-14-6-2-12(3-7-14)8-20-15-9-19(18(22)13-4-5-13)10-16(15)24-11-17(20)21/h2-3,6-7,13,15-16H,4-5,8-11H2,1H3. The summed E-state index contributed by atoms with van der Waals surface area (Å²) in [6, 6.07) is 7.69. The molecule has 1 aliphatic carbocycles. The Bertz CT molecular complexity index is 641. The zero-order valence-electron chi connectivity index (χ0n) is 13.8. The predicted octanol–water partition coefficient (Wildman–Crippen LogP) is 1.04. The Hall–Kier alpha value is -2.08. The maximum atomic E-state index is 12.4. The summed E-state index contributed by atoms with van der Waals surface area (Å²) in [5, 5.41) is 0. The summed E-state index contributed by atoms with van der Waals surface area (Å²) < 4.78 is 10.9. The molecule has 2 unspecified atom stereocenters. The monoisotopic (exact) mass is 330 g/mol. The SMILES string of the molecule is COc1ccc(CN2C(=O)COC3CN(C(=O)C4CC4)CC32)cc1. The molecule has 0 radical (unpaired) electrons. The van der Waals surface area contributed by atoms with Crippen molar-refractivity contribution in [2.45, 2.75) is 31.5 Å². The number of carbonyl (C=O) groups is 2. The van der Waals surface area contributed by atoms with Gasteiger partial charge in [-0.05, 0) is 30.5 Å². The molecule has 128 valence electrons. The Kier molecular flexibility index (Phi) is 3.92. The molecule has 1 aromatic carbocycles. The van der Waals surface area contributed by atoms with E-state index in [1.807, 2.05) is 34.1 Å². The molecule has 6 nitrogen and oxygen atoms in total. The molecule has 0 spiro atoms. The van der Waals surface area contributed by atoms with Gasteiger partial charge in [0.2, 0.25) is 11.8 Å². The van der Waals surface area contributed by atoms with Gasteiger partial charge in [0.15, 0.2) is 0 Å². The molecule has 2 atom stereocenters. The highest BCUT2D eigenvalue weighted by Crippen LogP contribution is 2.34. The number of hydrogen-bond donors (Lipinski definition) is 0. The van der Waals surface area contributed by atoms with Gasteiger partial charge in [0.05, 0.1) is 19.3 Å². The van der Waals surface area contributed by atoms with Crippen molar-refractivity contribution < 1.29 is 19.1 Å². The van der Waals surface area contributed by atoms with Crippen molar-refractivity contribution in [1.82, 2.24) is 9.80 Å². The maximum Gasteiger partial charge on any atom is 0.249 e. The van der Waals surface area contributed by atoms with Crippen molar-refractivity contribution in [2.24, 2.45) is 5.92 Å². The Labute approximate surface area is 141 Å². The van der Waals surface area contributed by atoms with Crippen LogP contribution in [-0.2, 0) is 20.9 Å². The highest BCUT2D eigenvalue weighted by Gasteiger charge is 2.46. The molecule has 0 aromatic heterocycles. The molecule has 1 aromatic rings. The quantitative estimate of drug-likeness (QED) is 0.828. The number of hydrogen-bond acceptors (Lipinski definition) is 4. The van der Waals surface area contributed by atoms with Crippen LogP contribution in [0.1, 0.15) is 18.4 Å². The van der Waals surface area contributed by atoms with Gasteiger partial charge in [0.1, 0.15) is 12.4 Å². The zero-order valence-corrected chi connectivity index (χ0v) is 13.8. The third kappa shape index (κ3) is 2.86. The number of likely N-dealkylation sites (tertiary alicyclic amines) is 1. The van der Waals surface area contributed by atoms with Crippen molar-refractivity contribution in [3.05, 3.63) is 29.8 Å². The summed E-state index contributed by atoms with van der Waals surface area (Å²) in [7, 11) is 1.63. The Morgan fingerprint density at radius 1 is 1.25 bits per heavy atom. The van der Waals surface area contributed by atoms with Gasteiger partial charge in [-0.25, -0.2) is 0 Å². The first-order valence-electron chi connectivity index (χ1n) is 8.48. The van der Waals surface area contributed by atoms with Gasteiger partial charge in [-0.2, -0.15) is 0 Å². The van der Waals surface area contributed by atoms with Crippen molar-refractivity contribution >= 4 is 11.8 Å². The number of carbonyl (C=O) groups excluding carboxylic acids is 2. The second kappa shape index (κ2) is 6.09. The number of morpholine rings is 1. The summed E-state index contributed by atoms with van der Waals surface area (Å²) in [4.78, 5) is 28.4. The first-order valence-corrected chi connectivity index (χ1v) is 8.48. The molecule has 6 heteroatoms. The lowest BCUT2D eigenvalue weighted by Gasteiger charge is -2.36. The van der Waals surface area contributed by atoms with Gasteiger partial charge in [-0.3, -0.25) is 9.59 Å². The lowest BCUT2D eigenvalue weighted by Crippen LogP contribution is -2.53. The van der Waals surface area contributed by atoms with Gasteiger partial charge in [0.25, 0.3) is 0 Å². The maximum absolute atomic E-state index is 12.4. The molecule has 2 aliphatic heterocycles. The average Bonchev–Trinajstić information content (AvgIpc) is 3.36. The van der Waals surface area contributed by atoms with E-state index < -0.39 is 0 Å². The number of rotatable bonds is 4. The number of fused-ring (bicyclic) bond motifs is 1. The number of benzene rings is 1.